The second kappa shape index (κ2) is 63.7. The molecule has 2 aliphatic heterocycles. The number of nitrogens with one attached hydrogen (secondary N) is 16. The van der Waals surface area contributed by atoms with Crippen molar-refractivity contribution in [1.82, 2.24) is 94.9 Å². The zero-order chi connectivity index (χ0) is 103. The van der Waals surface area contributed by atoms with Crippen LogP contribution in [0.4, 0.5) is 0 Å². The predicted octanol–water partition coefficient (Wildman–Crippen LogP) is -10.0. The van der Waals surface area contributed by atoms with E-state index in [0.29, 0.717) is 45.1 Å². The summed E-state index contributed by atoms with van der Waals surface area (Å²) in [6.07, 6.45) is 3.15. The topological polar surface area (TPSA) is 822 Å². The number of unbranched alkanes of at least 4 members (excludes halogenated alkanes) is 3. The molecule has 0 spiro atoms. The van der Waals surface area contributed by atoms with Crippen LogP contribution in [-0.2, 0) is 95.9 Å². The van der Waals surface area contributed by atoms with Gasteiger partial charge in [-0.2, -0.15) is 0 Å². The molecule has 0 radical (unpaired) electrons. The van der Waals surface area contributed by atoms with Crippen LogP contribution in [-0.4, -0.2) is 325 Å². The van der Waals surface area contributed by atoms with Crippen LogP contribution in [0.25, 0.3) is 0 Å². The average molecular weight is 1940 g/mol. The van der Waals surface area contributed by atoms with Crippen molar-refractivity contribution in [3.63, 3.8) is 0 Å². The first-order chi connectivity index (χ1) is 64.1. The molecule has 50 heteroatoms. The number of hydrogen-bond acceptors (Lipinski definition) is 28. The largest absolute Gasteiger partial charge is 0.394 e. The molecule has 0 aromatic heterocycles. The summed E-state index contributed by atoms with van der Waals surface area (Å²) in [5, 5.41) is 71.5. The van der Waals surface area contributed by atoms with Crippen LogP contribution in [0.5, 0.6) is 0 Å². The second-order valence-corrected chi connectivity index (χ2v) is 36.2. The Hall–Kier alpha value is -11.6. The van der Waals surface area contributed by atoms with Gasteiger partial charge in [-0.05, 0) is 178 Å². The lowest BCUT2D eigenvalue weighted by atomic mass is 9.99. The molecular formula is C86H155N27O23. The molecule has 2 aliphatic rings. The Morgan fingerprint density at radius 1 is 0.353 bits per heavy atom. The molecule has 0 aromatic rings. The fourth-order valence-corrected chi connectivity index (χ4v) is 14.8. The summed E-state index contributed by atoms with van der Waals surface area (Å²) < 4.78 is 0. The van der Waals surface area contributed by atoms with Crippen LogP contribution in [0.3, 0.4) is 0 Å². The lowest BCUT2D eigenvalue weighted by Crippen LogP contribution is -2.60. The zero-order valence-corrected chi connectivity index (χ0v) is 80.4. The smallest absolute Gasteiger partial charge is 0.248 e. The van der Waals surface area contributed by atoms with Crippen molar-refractivity contribution in [2.45, 2.75) is 308 Å². The predicted molar refractivity (Wildman–Crippen MR) is 497 cm³/mol. The minimum Gasteiger partial charge on any atom is -0.394 e. The molecule has 0 unspecified atom stereocenters. The summed E-state index contributed by atoms with van der Waals surface area (Å²) in [6.45, 7) is 14.3. The highest BCUT2D eigenvalue weighted by atomic mass is 16.3. The fraction of sp³-hybridized carbons (Fsp3) is 0.756. The zero-order valence-electron chi connectivity index (χ0n) is 80.4. The van der Waals surface area contributed by atoms with Gasteiger partial charge in [-0.3, -0.25) is 101 Å². The Bertz CT molecular complexity index is 3990. The van der Waals surface area contributed by atoms with Crippen molar-refractivity contribution in [3.05, 3.63) is 0 Å². The average Bonchev–Trinajstić information content (AvgIpc) is 1.70. The van der Waals surface area contributed by atoms with Gasteiger partial charge in [-0.15, -0.1) is 0 Å². The Morgan fingerprint density at radius 2 is 0.706 bits per heavy atom. The highest BCUT2D eigenvalue weighted by Gasteiger charge is 2.43. The molecule has 20 amide bonds. The molecule has 772 valence electrons. The van der Waals surface area contributed by atoms with E-state index in [2.05, 4.69) is 90.1 Å². The monoisotopic (exact) mass is 1930 g/mol. The minimum absolute atomic E-state index is 0.000165. The van der Waals surface area contributed by atoms with Crippen molar-refractivity contribution in [3.8, 4) is 0 Å². The number of carbonyl (C=O) groups excluding carboxylic acids is 20. The number of aliphatic hydroxyl groups excluding tert-OH is 3. The summed E-state index contributed by atoms with van der Waals surface area (Å²) in [6, 6.07) is -21.8. The van der Waals surface area contributed by atoms with Crippen molar-refractivity contribution in [2.75, 3.05) is 78.7 Å². The normalized spacial score (nSPS) is 16.6. The maximum absolute atomic E-state index is 14.3. The van der Waals surface area contributed by atoms with E-state index >= 15 is 0 Å². The number of aliphatic imine (C=N–C) groups is 1. The van der Waals surface area contributed by atoms with Crippen molar-refractivity contribution in [1.29, 1.82) is 0 Å². The number of likely N-dealkylation sites (tertiary alicyclic amines) is 2. The molecule has 0 saturated carbocycles. The van der Waals surface area contributed by atoms with Gasteiger partial charge in [0.1, 0.15) is 90.6 Å². The molecule has 2 saturated heterocycles. The Morgan fingerprint density at radius 3 is 1.15 bits per heavy atom. The van der Waals surface area contributed by atoms with E-state index in [1.165, 1.54) is 11.8 Å². The number of hydrogen-bond donors (Lipinski definition) is 27. The first-order valence-corrected chi connectivity index (χ1v) is 46.8. The Balaban J connectivity index is 2.20. The number of nitrogens with two attached hydrogens (primary N) is 8. The molecule has 0 aliphatic carbocycles. The number of rotatable bonds is 66. The molecule has 0 aromatic carbocycles. The highest BCUT2D eigenvalue weighted by Crippen LogP contribution is 2.22. The van der Waals surface area contributed by atoms with Gasteiger partial charge in [-0.25, -0.2) is 0 Å². The third-order valence-corrected chi connectivity index (χ3v) is 22.2. The SMILES string of the molecule is CC(C)C[C@H](NC(=O)[C@H](CO)NC(=O)[C@@H]1CCCN1C(=O)[C@H](CO)NC(=O)[C@H](CC(C)C)NC(=O)[C@@H](N)CCCCN)C(=O)NCC(=O)N1CCC[C@H]1C(=O)N[C@H](C(=O)N[C@@H](CO)C(=O)N[C@@H](CCCCN)C(=O)NCC(=O)N[C@@H](CCCCN)C(=O)N[C@@H](CC(C)C)C(=O)N[C@@H](CC(C)C)C(=O)N[C@@H](C)C(=O)NCC(=O)N[C@@H](CCC(N)=O)C(=O)N[C@@H](CCCN=C(N)N)C(N)=O)C(C)C. The molecule has 16 atom stereocenters. The van der Waals surface area contributed by atoms with Crippen LogP contribution in [0.2, 0.25) is 0 Å². The molecule has 50 nitrogen and oxygen atoms in total. The van der Waals surface area contributed by atoms with E-state index in [1.807, 2.05) is 13.8 Å². The van der Waals surface area contributed by atoms with Gasteiger partial charge in [0, 0.05) is 26.1 Å². The van der Waals surface area contributed by atoms with Gasteiger partial charge in [-0.1, -0.05) is 75.7 Å². The Kier molecular flexibility index (Phi) is 56.4. The number of guanidine groups is 1. The van der Waals surface area contributed by atoms with Gasteiger partial charge in [0.25, 0.3) is 0 Å². The van der Waals surface area contributed by atoms with Gasteiger partial charge in [0.05, 0.1) is 45.5 Å². The molecule has 35 N–H and O–H groups in total. The molecule has 136 heavy (non-hydrogen) atoms. The molecular weight excluding hydrogens is 1780 g/mol. The number of carbonyl (C=O) groups is 20. The number of amides is 20. The molecule has 2 fully saturated rings. The van der Waals surface area contributed by atoms with E-state index in [0.717, 1.165) is 4.90 Å². The Labute approximate surface area is 793 Å². The maximum Gasteiger partial charge on any atom is 0.248 e. The summed E-state index contributed by atoms with van der Waals surface area (Å²) in [4.78, 5) is 279. The fourth-order valence-electron chi connectivity index (χ4n) is 14.8. The third-order valence-electron chi connectivity index (χ3n) is 22.2. The minimum atomic E-state index is -1.76. The number of aliphatic hydroxyl groups is 3. The lowest BCUT2D eigenvalue weighted by Gasteiger charge is -2.30. The summed E-state index contributed by atoms with van der Waals surface area (Å²) in [7, 11) is 0. The highest BCUT2D eigenvalue weighted by molar-refractivity contribution is 6.01. The van der Waals surface area contributed by atoms with Crippen molar-refractivity contribution in [2.24, 2.45) is 80.5 Å². The standard InChI is InChI=1S/C86H155N27O23/c1-45(2)35-56(105-81(132)60(42-114)108-82(133)64-26-20-34-113(64)85(136)62(44-116)110-79(130)58(37-47(5)6)104-72(123)51(90)21-12-15-29-87)74(125)98-41-68(120)112-33-19-25-63(112)83(134)111-69(49(9)10)84(135)109-61(43-115)80(131)103-53(22-13-16-30-88)73(124)97-40-67(119)100-54(23-14-17-31-89)75(126)106-59(38-48(7)8)78(129)107-57(36-46(3)4)77(128)99-50(11)71(122)96-39-66(118)101-55(27-28-65(91)117)76(127)102-52(70(92)121)24-18-32-95-86(93)94/h45-64,69,114-116H,12-44,87-90H2,1-11H3,(H2,91,117)(H2,92,121)(H,96,122)(H,97,124)(H,98,125)(H,99,128)(H,100,119)(H,101,118)(H,102,127)(H,103,131)(H,104,123)(H,105,132)(H,106,126)(H,107,129)(H,108,133)(H,109,135)(H,110,130)(H,111,134)(H4,93,94,95)/t50-,51-,52-,53-,54-,55-,56-,57-,58-,59-,60-,61-,62-,63-,64-,69-/m0/s1. The lowest BCUT2D eigenvalue weighted by molar-refractivity contribution is -0.143. The van der Waals surface area contributed by atoms with E-state index in [1.54, 1.807) is 55.4 Å². The summed E-state index contributed by atoms with van der Waals surface area (Å²) in [5.74, 6) is -19.2. The van der Waals surface area contributed by atoms with E-state index in [-0.39, 0.29) is 159 Å². The van der Waals surface area contributed by atoms with Crippen LogP contribution in [0.1, 0.15) is 211 Å². The summed E-state index contributed by atoms with van der Waals surface area (Å²) >= 11 is 0. The van der Waals surface area contributed by atoms with Gasteiger partial charge < -0.3 is 156 Å². The van der Waals surface area contributed by atoms with Crippen LogP contribution in [0.15, 0.2) is 4.99 Å². The van der Waals surface area contributed by atoms with Crippen LogP contribution in [0, 0.1) is 29.6 Å². The second-order valence-electron chi connectivity index (χ2n) is 36.2. The van der Waals surface area contributed by atoms with Crippen molar-refractivity contribution < 1.29 is 111 Å². The molecule has 2 rings (SSSR count). The van der Waals surface area contributed by atoms with Gasteiger partial charge in [0.2, 0.25) is 118 Å². The van der Waals surface area contributed by atoms with Crippen LogP contribution >= 0.6 is 0 Å². The van der Waals surface area contributed by atoms with Crippen LogP contribution < -0.4 is 131 Å². The maximum atomic E-state index is 14.3. The van der Waals surface area contributed by atoms with E-state index in [4.69, 9.17) is 45.9 Å². The van der Waals surface area contributed by atoms with E-state index in [9.17, 15) is 111 Å². The van der Waals surface area contributed by atoms with Gasteiger partial charge in [0.15, 0.2) is 5.96 Å². The van der Waals surface area contributed by atoms with E-state index < -0.39 is 260 Å². The van der Waals surface area contributed by atoms with Crippen molar-refractivity contribution >= 4 is 124 Å². The first-order valence-electron chi connectivity index (χ1n) is 46.8. The number of nitrogens with zero attached hydrogens (tertiary/aromatic N) is 3. The first kappa shape index (κ1) is 120. The third kappa shape index (κ3) is 44.9. The number of primary amides is 2. The molecule has 0 bridgehead atoms. The molecule has 2 heterocycles. The van der Waals surface area contributed by atoms with Gasteiger partial charge >= 0.3 is 0 Å². The summed E-state index contributed by atoms with van der Waals surface area (Å²) in [5.41, 5.74) is 44.7. The quantitative estimate of drug-likeness (QED) is 0.0153.